The summed E-state index contributed by atoms with van der Waals surface area (Å²) in [4.78, 5) is 11.3. The molecule has 2 heteroatoms. The fourth-order valence-corrected chi connectivity index (χ4v) is 0.460. The van der Waals surface area contributed by atoms with Crippen molar-refractivity contribution >= 4 is 5.78 Å². The average Bonchev–Trinajstić information content (AvgIpc) is 1.85. The van der Waals surface area contributed by atoms with E-state index in [2.05, 4.69) is 0 Å². The van der Waals surface area contributed by atoms with Gasteiger partial charge in [-0.3, -0.25) is 4.79 Å². The second kappa shape index (κ2) is 3.56. The van der Waals surface area contributed by atoms with Gasteiger partial charge in [0.2, 0.25) is 0 Å². The SMILES string of the molecule is CO/C(C)=C/C(=O)C(C)(C)C. The molecule has 2 nitrogen and oxygen atoms in total. The van der Waals surface area contributed by atoms with Crippen LogP contribution in [0.4, 0.5) is 0 Å². The van der Waals surface area contributed by atoms with Crippen molar-refractivity contribution in [1.82, 2.24) is 0 Å². The van der Waals surface area contributed by atoms with Crippen molar-refractivity contribution in [3.8, 4) is 0 Å². The molecule has 0 aliphatic rings. The molecule has 0 aromatic heterocycles. The van der Waals surface area contributed by atoms with Crippen molar-refractivity contribution < 1.29 is 9.53 Å². The highest BCUT2D eigenvalue weighted by molar-refractivity contribution is 5.94. The van der Waals surface area contributed by atoms with Crippen molar-refractivity contribution in [3.05, 3.63) is 11.8 Å². The molecule has 64 valence electrons. The molecule has 0 rings (SSSR count). The number of carbonyl (C=O) groups excluding carboxylic acids is 1. The van der Waals surface area contributed by atoms with Gasteiger partial charge in [-0.05, 0) is 6.92 Å². The number of hydrogen-bond donors (Lipinski definition) is 0. The third-order valence-electron chi connectivity index (χ3n) is 1.40. The minimum atomic E-state index is -0.306. The summed E-state index contributed by atoms with van der Waals surface area (Å²) in [6, 6.07) is 0. The van der Waals surface area contributed by atoms with E-state index in [1.165, 1.54) is 6.08 Å². The number of ether oxygens (including phenoxy) is 1. The van der Waals surface area contributed by atoms with Crippen molar-refractivity contribution in [1.29, 1.82) is 0 Å². The Labute approximate surface area is 68.2 Å². The molecule has 0 unspecified atom stereocenters. The summed E-state index contributed by atoms with van der Waals surface area (Å²) in [6.07, 6.45) is 1.53. The summed E-state index contributed by atoms with van der Waals surface area (Å²) < 4.78 is 4.86. The molecule has 0 heterocycles. The van der Waals surface area contributed by atoms with Gasteiger partial charge in [0, 0.05) is 11.5 Å². The van der Waals surface area contributed by atoms with E-state index in [4.69, 9.17) is 4.74 Å². The summed E-state index contributed by atoms with van der Waals surface area (Å²) in [5, 5.41) is 0. The van der Waals surface area contributed by atoms with E-state index >= 15 is 0 Å². The minimum absolute atomic E-state index is 0.0943. The van der Waals surface area contributed by atoms with Crippen LogP contribution in [0.5, 0.6) is 0 Å². The van der Waals surface area contributed by atoms with E-state index in [0.29, 0.717) is 5.76 Å². The smallest absolute Gasteiger partial charge is 0.164 e. The first-order valence-corrected chi connectivity index (χ1v) is 3.64. The third kappa shape index (κ3) is 3.81. The number of carbonyl (C=O) groups is 1. The summed E-state index contributed by atoms with van der Waals surface area (Å²) >= 11 is 0. The van der Waals surface area contributed by atoms with E-state index < -0.39 is 0 Å². The standard InChI is InChI=1S/C9H16O2/c1-7(11-5)6-8(10)9(2,3)4/h6H,1-5H3/b7-6+. The zero-order chi connectivity index (χ0) is 9.07. The van der Waals surface area contributed by atoms with Gasteiger partial charge in [0.15, 0.2) is 5.78 Å². The van der Waals surface area contributed by atoms with E-state index in [1.54, 1.807) is 14.0 Å². The average molecular weight is 156 g/mol. The highest BCUT2D eigenvalue weighted by Crippen LogP contribution is 2.16. The molecule has 0 aliphatic carbocycles. The lowest BCUT2D eigenvalue weighted by Crippen LogP contribution is -2.17. The molecule has 0 saturated carbocycles. The first-order valence-electron chi connectivity index (χ1n) is 3.64. The van der Waals surface area contributed by atoms with Crippen molar-refractivity contribution in [2.75, 3.05) is 7.11 Å². The Morgan fingerprint density at radius 1 is 1.36 bits per heavy atom. The fourth-order valence-electron chi connectivity index (χ4n) is 0.460. The highest BCUT2D eigenvalue weighted by atomic mass is 16.5. The molecule has 0 saturated heterocycles. The molecular weight excluding hydrogens is 140 g/mol. The maximum absolute atomic E-state index is 11.3. The number of allylic oxidation sites excluding steroid dienone is 2. The van der Waals surface area contributed by atoms with Crippen LogP contribution < -0.4 is 0 Å². The van der Waals surface area contributed by atoms with Gasteiger partial charge in [0.05, 0.1) is 12.9 Å². The normalized spacial score (nSPS) is 13.0. The molecule has 0 amide bonds. The van der Waals surface area contributed by atoms with Crippen LogP contribution in [0.1, 0.15) is 27.7 Å². The van der Waals surface area contributed by atoms with Crippen molar-refractivity contribution in [2.24, 2.45) is 5.41 Å². The molecule has 0 spiro atoms. The lowest BCUT2D eigenvalue weighted by Gasteiger charge is -2.13. The van der Waals surface area contributed by atoms with Gasteiger partial charge < -0.3 is 4.74 Å². The Hall–Kier alpha value is -0.790. The first-order chi connectivity index (χ1) is 4.88. The van der Waals surface area contributed by atoms with Crippen molar-refractivity contribution in [2.45, 2.75) is 27.7 Å². The summed E-state index contributed by atoms with van der Waals surface area (Å²) in [5.74, 6) is 0.752. The van der Waals surface area contributed by atoms with Crippen LogP contribution in [0, 0.1) is 5.41 Å². The maximum Gasteiger partial charge on any atom is 0.164 e. The lowest BCUT2D eigenvalue weighted by molar-refractivity contribution is -0.121. The van der Waals surface area contributed by atoms with Gasteiger partial charge in [-0.15, -0.1) is 0 Å². The van der Waals surface area contributed by atoms with Gasteiger partial charge in [0.1, 0.15) is 0 Å². The quantitative estimate of drug-likeness (QED) is 0.452. The first kappa shape index (κ1) is 10.2. The number of methoxy groups -OCH3 is 1. The van der Waals surface area contributed by atoms with Gasteiger partial charge in [-0.2, -0.15) is 0 Å². The molecule has 0 bridgehead atoms. The van der Waals surface area contributed by atoms with Crippen LogP contribution >= 0.6 is 0 Å². The largest absolute Gasteiger partial charge is 0.501 e. The monoisotopic (exact) mass is 156 g/mol. The van der Waals surface area contributed by atoms with Crippen molar-refractivity contribution in [3.63, 3.8) is 0 Å². The van der Waals surface area contributed by atoms with E-state index in [-0.39, 0.29) is 11.2 Å². The molecular formula is C9H16O2. The Balaban J connectivity index is 4.30. The molecule has 0 aliphatic heterocycles. The molecule has 0 atom stereocenters. The molecule has 0 aromatic rings. The van der Waals surface area contributed by atoms with Gasteiger partial charge in [-0.25, -0.2) is 0 Å². The molecule has 0 fully saturated rings. The van der Waals surface area contributed by atoms with Crippen LogP contribution in [0.2, 0.25) is 0 Å². The lowest BCUT2D eigenvalue weighted by atomic mass is 9.90. The van der Waals surface area contributed by atoms with Gasteiger partial charge >= 0.3 is 0 Å². The Morgan fingerprint density at radius 3 is 2.09 bits per heavy atom. The fraction of sp³-hybridized carbons (Fsp3) is 0.667. The zero-order valence-corrected chi connectivity index (χ0v) is 7.89. The highest BCUT2D eigenvalue weighted by Gasteiger charge is 2.18. The Morgan fingerprint density at radius 2 is 1.82 bits per heavy atom. The topological polar surface area (TPSA) is 26.3 Å². The molecule has 11 heavy (non-hydrogen) atoms. The summed E-state index contributed by atoms with van der Waals surface area (Å²) in [6.45, 7) is 7.42. The van der Waals surface area contributed by atoms with Crippen LogP contribution in [-0.4, -0.2) is 12.9 Å². The van der Waals surface area contributed by atoms with Gasteiger partial charge in [0.25, 0.3) is 0 Å². The second-order valence-corrected chi connectivity index (χ2v) is 3.57. The molecule has 0 aromatic carbocycles. The zero-order valence-electron chi connectivity index (χ0n) is 7.89. The molecule has 0 N–H and O–H groups in total. The predicted octanol–water partition coefficient (Wildman–Crippen LogP) is 2.15. The Bertz CT molecular complexity index is 172. The Kier molecular flexibility index (Phi) is 3.30. The van der Waals surface area contributed by atoms with Crippen LogP contribution in [0.25, 0.3) is 0 Å². The predicted molar refractivity (Wildman–Crippen MR) is 45.2 cm³/mol. The minimum Gasteiger partial charge on any atom is -0.501 e. The second-order valence-electron chi connectivity index (χ2n) is 3.57. The summed E-state index contributed by atoms with van der Waals surface area (Å²) in [7, 11) is 1.56. The van der Waals surface area contributed by atoms with Crippen LogP contribution in [0.3, 0.4) is 0 Å². The van der Waals surface area contributed by atoms with Crippen LogP contribution in [-0.2, 0) is 9.53 Å². The third-order valence-corrected chi connectivity index (χ3v) is 1.40. The number of hydrogen-bond acceptors (Lipinski definition) is 2. The van der Waals surface area contributed by atoms with Crippen LogP contribution in [0.15, 0.2) is 11.8 Å². The van der Waals surface area contributed by atoms with Gasteiger partial charge in [-0.1, -0.05) is 20.8 Å². The molecule has 0 radical (unpaired) electrons. The summed E-state index contributed by atoms with van der Waals surface area (Å²) in [5.41, 5.74) is -0.306. The maximum atomic E-state index is 11.3. The van der Waals surface area contributed by atoms with E-state index in [9.17, 15) is 4.79 Å². The van der Waals surface area contributed by atoms with E-state index in [0.717, 1.165) is 0 Å². The number of rotatable bonds is 2. The number of ketones is 1. The van der Waals surface area contributed by atoms with E-state index in [1.807, 2.05) is 20.8 Å².